The molecule has 0 aliphatic heterocycles. The summed E-state index contributed by atoms with van der Waals surface area (Å²) in [5, 5.41) is -1.58. The zero-order valence-corrected chi connectivity index (χ0v) is 17.1. The summed E-state index contributed by atoms with van der Waals surface area (Å²) >= 11 is 0. The molecule has 0 aliphatic carbocycles. The summed E-state index contributed by atoms with van der Waals surface area (Å²) in [6, 6.07) is 30.4. The maximum Gasteiger partial charge on any atom is 0.459 e. The third-order valence-electron chi connectivity index (χ3n) is 4.70. The number of nitrogens with two attached hydrogens (primary N) is 1. The molecule has 1 aromatic heterocycles. The number of rotatable bonds is 7. The monoisotopic (exact) mass is 416 g/mol. The van der Waals surface area contributed by atoms with Gasteiger partial charge in [0.2, 0.25) is 0 Å². The van der Waals surface area contributed by atoms with Gasteiger partial charge in [0.15, 0.2) is 5.28 Å². The van der Waals surface area contributed by atoms with Crippen LogP contribution in [0.1, 0.15) is 11.1 Å². The minimum atomic E-state index is -4.08. The van der Waals surface area contributed by atoms with E-state index in [9.17, 15) is 4.57 Å². The zero-order chi connectivity index (χ0) is 20.9. The highest BCUT2D eigenvalue weighted by molar-refractivity contribution is 7.56. The summed E-state index contributed by atoms with van der Waals surface area (Å²) in [6.07, 6.45) is 3.21. The Bertz CT molecular complexity index is 1040. The van der Waals surface area contributed by atoms with Crippen molar-refractivity contribution in [1.82, 2.24) is 4.98 Å². The largest absolute Gasteiger partial charge is 0.459 e. The fraction of sp³-hybridized carbons (Fsp3) is 0.0417. The standard InChI is InChI=1S/C24H21N2O3P/c25-24(20-10-4-1-5-11-20,21-16-18-26-19-17-21)30(27,28-22-12-6-2-7-13-22)29-23-14-8-3-9-15-23/h1-19H,25H2. The molecule has 30 heavy (non-hydrogen) atoms. The Morgan fingerprint density at radius 2 is 1.03 bits per heavy atom. The van der Waals surface area contributed by atoms with Gasteiger partial charge < -0.3 is 14.8 Å². The van der Waals surface area contributed by atoms with E-state index in [-0.39, 0.29) is 0 Å². The summed E-state index contributed by atoms with van der Waals surface area (Å²) in [6.45, 7) is 0. The van der Waals surface area contributed by atoms with Gasteiger partial charge in [-0.2, -0.15) is 0 Å². The van der Waals surface area contributed by atoms with Crippen LogP contribution in [-0.2, 0) is 9.85 Å². The summed E-state index contributed by atoms with van der Waals surface area (Å²) in [5.74, 6) is 0.799. The van der Waals surface area contributed by atoms with E-state index in [2.05, 4.69) is 4.98 Å². The predicted octanol–water partition coefficient (Wildman–Crippen LogP) is 5.59. The van der Waals surface area contributed by atoms with Crippen molar-refractivity contribution in [2.45, 2.75) is 5.28 Å². The highest BCUT2D eigenvalue weighted by Crippen LogP contribution is 2.63. The lowest BCUT2D eigenvalue weighted by atomic mass is 10.00. The second kappa shape index (κ2) is 8.54. The number of pyridine rings is 1. The highest BCUT2D eigenvalue weighted by atomic mass is 31.2. The number of hydrogen-bond donors (Lipinski definition) is 1. The number of aromatic nitrogens is 1. The average Bonchev–Trinajstić information content (AvgIpc) is 2.81. The lowest BCUT2D eigenvalue weighted by molar-refractivity contribution is 0.354. The van der Waals surface area contributed by atoms with Crippen LogP contribution >= 0.6 is 7.60 Å². The van der Waals surface area contributed by atoms with Crippen LogP contribution < -0.4 is 14.8 Å². The molecule has 0 saturated carbocycles. The SMILES string of the molecule is NC(c1ccccc1)(c1ccncc1)P(=O)(Oc1ccccc1)Oc1ccccc1. The fourth-order valence-corrected chi connectivity index (χ4v) is 5.24. The first-order valence-corrected chi connectivity index (χ1v) is 11.0. The van der Waals surface area contributed by atoms with Crippen LogP contribution in [0.25, 0.3) is 0 Å². The second-order valence-corrected chi connectivity index (χ2v) is 8.74. The Hall–Kier alpha value is -3.40. The molecule has 0 aliphatic rings. The van der Waals surface area contributed by atoms with Crippen LogP contribution in [0.5, 0.6) is 11.5 Å². The molecule has 150 valence electrons. The Morgan fingerprint density at radius 1 is 0.633 bits per heavy atom. The summed E-state index contributed by atoms with van der Waals surface area (Å²) in [4.78, 5) is 4.08. The van der Waals surface area contributed by atoms with Gasteiger partial charge in [-0.1, -0.05) is 66.7 Å². The fourth-order valence-electron chi connectivity index (χ4n) is 3.18. The van der Waals surface area contributed by atoms with Crippen LogP contribution in [0.15, 0.2) is 116 Å². The molecule has 0 spiro atoms. The quantitative estimate of drug-likeness (QED) is 0.398. The van der Waals surface area contributed by atoms with Crippen molar-refractivity contribution in [3.63, 3.8) is 0 Å². The topological polar surface area (TPSA) is 74.4 Å². The van der Waals surface area contributed by atoms with Crippen molar-refractivity contribution in [3.8, 4) is 11.5 Å². The van der Waals surface area contributed by atoms with Crippen LogP contribution in [0.3, 0.4) is 0 Å². The van der Waals surface area contributed by atoms with Crippen molar-refractivity contribution >= 4 is 7.60 Å². The number of nitrogens with zero attached hydrogens (tertiary/aromatic N) is 1. The molecule has 1 heterocycles. The van der Waals surface area contributed by atoms with Gasteiger partial charge in [-0.15, -0.1) is 0 Å². The molecular weight excluding hydrogens is 395 g/mol. The molecule has 6 heteroatoms. The maximum atomic E-state index is 14.6. The molecule has 4 rings (SSSR count). The van der Waals surface area contributed by atoms with E-state index in [0.717, 1.165) is 0 Å². The smallest absolute Gasteiger partial charge is 0.414 e. The van der Waals surface area contributed by atoms with Gasteiger partial charge in [-0.05, 0) is 47.5 Å². The molecule has 0 saturated heterocycles. The van der Waals surface area contributed by atoms with Crippen LogP contribution in [0, 0.1) is 0 Å². The summed E-state index contributed by atoms with van der Waals surface area (Å²) in [7, 11) is -4.08. The van der Waals surface area contributed by atoms with Crippen LogP contribution in [0.2, 0.25) is 0 Å². The molecule has 3 aromatic carbocycles. The molecule has 2 N–H and O–H groups in total. The highest BCUT2D eigenvalue weighted by Gasteiger charge is 2.54. The average molecular weight is 416 g/mol. The maximum absolute atomic E-state index is 14.6. The second-order valence-electron chi connectivity index (χ2n) is 6.67. The molecule has 1 unspecified atom stereocenters. The lowest BCUT2D eigenvalue weighted by Crippen LogP contribution is -2.41. The molecule has 0 amide bonds. The minimum Gasteiger partial charge on any atom is -0.414 e. The Balaban J connectivity index is 1.92. The van der Waals surface area contributed by atoms with E-state index in [4.69, 9.17) is 14.8 Å². The first-order chi connectivity index (χ1) is 14.6. The molecule has 5 nitrogen and oxygen atoms in total. The van der Waals surface area contributed by atoms with Crippen molar-refractivity contribution < 1.29 is 13.6 Å². The van der Waals surface area contributed by atoms with Crippen molar-refractivity contribution in [3.05, 3.63) is 127 Å². The predicted molar refractivity (Wildman–Crippen MR) is 117 cm³/mol. The third kappa shape index (κ3) is 3.86. The molecule has 4 aromatic rings. The van der Waals surface area contributed by atoms with Crippen LogP contribution in [-0.4, -0.2) is 4.98 Å². The molecular formula is C24H21N2O3P. The Kier molecular flexibility index (Phi) is 5.66. The Labute approximate surface area is 175 Å². The van der Waals surface area contributed by atoms with E-state index in [1.54, 1.807) is 73.1 Å². The van der Waals surface area contributed by atoms with E-state index < -0.39 is 12.9 Å². The van der Waals surface area contributed by atoms with Crippen LogP contribution in [0.4, 0.5) is 0 Å². The number of para-hydroxylation sites is 2. The number of benzene rings is 3. The first kappa shape index (κ1) is 19.9. The normalized spacial score (nSPS) is 13.2. The molecule has 0 bridgehead atoms. The summed E-state index contributed by atoms with van der Waals surface area (Å²) < 4.78 is 26.7. The van der Waals surface area contributed by atoms with Crippen molar-refractivity contribution in [2.75, 3.05) is 0 Å². The van der Waals surface area contributed by atoms with E-state index >= 15 is 0 Å². The van der Waals surface area contributed by atoms with E-state index in [1.807, 2.05) is 42.5 Å². The van der Waals surface area contributed by atoms with Crippen molar-refractivity contribution in [2.24, 2.45) is 5.73 Å². The van der Waals surface area contributed by atoms with Gasteiger partial charge in [0.25, 0.3) is 0 Å². The van der Waals surface area contributed by atoms with Gasteiger partial charge in [-0.25, -0.2) is 4.57 Å². The van der Waals surface area contributed by atoms with Gasteiger partial charge >= 0.3 is 7.60 Å². The van der Waals surface area contributed by atoms with Gasteiger partial charge in [0.05, 0.1) is 0 Å². The molecule has 0 fully saturated rings. The minimum absolute atomic E-state index is 0.400. The van der Waals surface area contributed by atoms with Crippen molar-refractivity contribution in [1.29, 1.82) is 0 Å². The third-order valence-corrected chi connectivity index (χ3v) is 6.99. The Morgan fingerprint density at radius 3 is 1.50 bits per heavy atom. The van der Waals surface area contributed by atoms with E-state index in [1.165, 1.54) is 0 Å². The number of hydrogen-bond acceptors (Lipinski definition) is 5. The van der Waals surface area contributed by atoms with Gasteiger partial charge in [0, 0.05) is 12.4 Å². The van der Waals surface area contributed by atoms with Gasteiger partial charge in [-0.3, -0.25) is 4.98 Å². The zero-order valence-electron chi connectivity index (χ0n) is 16.2. The lowest BCUT2D eigenvalue weighted by Gasteiger charge is -2.36. The molecule has 1 atom stereocenters. The summed E-state index contributed by atoms with van der Waals surface area (Å²) in [5.41, 5.74) is 8.15. The molecule has 0 radical (unpaired) electrons. The first-order valence-electron chi connectivity index (χ1n) is 9.46. The van der Waals surface area contributed by atoms with Gasteiger partial charge in [0.1, 0.15) is 11.5 Å². The van der Waals surface area contributed by atoms with E-state index in [0.29, 0.717) is 22.6 Å².